The van der Waals surface area contributed by atoms with Crippen LogP contribution < -0.4 is 5.32 Å². The Labute approximate surface area is 130 Å². The Hall–Kier alpha value is -0.580. The topological polar surface area (TPSA) is 21.3 Å². The second kappa shape index (κ2) is 6.67. The summed E-state index contributed by atoms with van der Waals surface area (Å²) in [5.41, 5.74) is 0.911. The summed E-state index contributed by atoms with van der Waals surface area (Å²) in [6.07, 6.45) is 4.08. The molecule has 1 aromatic rings. The van der Waals surface area contributed by atoms with Gasteiger partial charge in [0, 0.05) is 24.4 Å². The lowest BCUT2D eigenvalue weighted by atomic mass is 9.89. The van der Waals surface area contributed by atoms with Crippen LogP contribution in [0.1, 0.15) is 31.7 Å². The van der Waals surface area contributed by atoms with Gasteiger partial charge < -0.3 is 10.1 Å². The van der Waals surface area contributed by atoms with Crippen LogP contribution in [0.2, 0.25) is 0 Å². The highest BCUT2D eigenvalue weighted by molar-refractivity contribution is 7.99. The van der Waals surface area contributed by atoms with Crippen LogP contribution in [-0.4, -0.2) is 35.8 Å². The van der Waals surface area contributed by atoms with Gasteiger partial charge in [0.25, 0.3) is 0 Å². The van der Waals surface area contributed by atoms with Crippen molar-refractivity contribution in [3.8, 4) is 0 Å². The molecule has 2 aliphatic heterocycles. The monoisotopic (exact) mass is 309 g/mol. The van der Waals surface area contributed by atoms with Gasteiger partial charge in [0.1, 0.15) is 5.82 Å². The van der Waals surface area contributed by atoms with Crippen LogP contribution in [0.25, 0.3) is 0 Å². The molecule has 0 saturated carbocycles. The largest absolute Gasteiger partial charge is 0.374 e. The maximum atomic E-state index is 13.7. The number of thioether (sulfide) groups is 1. The molecule has 1 aromatic carbocycles. The second-order valence-electron chi connectivity index (χ2n) is 6.39. The lowest BCUT2D eigenvalue weighted by molar-refractivity contribution is -0.0711. The molecule has 2 fully saturated rings. The van der Waals surface area contributed by atoms with Gasteiger partial charge in [0.15, 0.2) is 0 Å². The van der Waals surface area contributed by atoms with Crippen LogP contribution in [-0.2, 0) is 11.2 Å². The summed E-state index contributed by atoms with van der Waals surface area (Å²) in [6, 6.07) is 7.87. The first kappa shape index (κ1) is 15.3. The molecule has 2 nitrogen and oxygen atoms in total. The Kier molecular flexibility index (Phi) is 4.87. The Morgan fingerprint density at radius 2 is 2.33 bits per heavy atom. The number of hydrogen-bond acceptors (Lipinski definition) is 3. The summed E-state index contributed by atoms with van der Waals surface area (Å²) in [5, 5.41) is 3.69. The molecule has 0 radical (unpaired) electrons. The summed E-state index contributed by atoms with van der Waals surface area (Å²) < 4.78 is 19.8. The van der Waals surface area contributed by atoms with Gasteiger partial charge in [-0.15, -0.1) is 0 Å². The lowest BCUT2D eigenvalue weighted by Gasteiger charge is -2.39. The van der Waals surface area contributed by atoms with Crippen molar-refractivity contribution >= 4 is 11.8 Å². The average Bonchev–Trinajstić information content (AvgIpc) is 2.89. The zero-order valence-corrected chi connectivity index (χ0v) is 13.4. The van der Waals surface area contributed by atoms with Crippen LogP contribution in [0.5, 0.6) is 0 Å². The Bertz CT molecular complexity index is 476. The Balaban J connectivity index is 1.55. The van der Waals surface area contributed by atoms with Crippen LogP contribution in [0, 0.1) is 5.82 Å². The van der Waals surface area contributed by atoms with Crippen LogP contribution in [0.3, 0.4) is 0 Å². The summed E-state index contributed by atoms with van der Waals surface area (Å²) in [7, 11) is 0. The summed E-state index contributed by atoms with van der Waals surface area (Å²) in [5.74, 6) is 2.26. The molecule has 0 aliphatic carbocycles. The van der Waals surface area contributed by atoms with E-state index in [9.17, 15) is 4.39 Å². The fourth-order valence-electron chi connectivity index (χ4n) is 3.49. The zero-order valence-electron chi connectivity index (χ0n) is 12.6. The zero-order chi connectivity index (χ0) is 14.7. The highest BCUT2D eigenvalue weighted by Gasteiger charge is 2.40. The van der Waals surface area contributed by atoms with Crippen LogP contribution in [0.4, 0.5) is 4.39 Å². The van der Waals surface area contributed by atoms with Gasteiger partial charge in [-0.1, -0.05) is 18.2 Å². The van der Waals surface area contributed by atoms with E-state index in [4.69, 9.17) is 4.74 Å². The van der Waals surface area contributed by atoms with Gasteiger partial charge in [0.2, 0.25) is 0 Å². The molecule has 116 valence electrons. The Morgan fingerprint density at radius 1 is 1.48 bits per heavy atom. The van der Waals surface area contributed by atoms with E-state index in [2.05, 4.69) is 12.2 Å². The van der Waals surface area contributed by atoms with E-state index in [0.717, 1.165) is 37.2 Å². The van der Waals surface area contributed by atoms with Gasteiger partial charge >= 0.3 is 0 Å². The number of hydrogen-bond donors (Lipinski definition) is 1. The lowest BCUT2D eigenvalue weighted by Crippen LogP contribution is -2.49. The molecule has 0 aromatic heterocycles. The molecule has 21 heavy (non-hydrogen) atoms. The fraction of sp³-hybridized carbons (Fsp3) is 0.647. The first-order valence-corrected chi connectivity index (χ1v) is 9.03. The number of halogens is 1. The third-order valence-corrected chi connectivity index (χ3v) is 5.79. The first-order valence-electron chi connectivity index (χ1n) is 7.88. The number of nitrogens with one attached hydrogen (secondary N) is 1. The van der Waals surface area contributed by atoms with E-state index in [-0.39, 0.29) is 17.5 Å². The van der Waals surface area contributed by atoms with Crippen molar-refractivity contribution in [1.29, 1.82) is 0 Å². The minimum atomic E-state index is -0.0956. The summed E-state index contributed by atoms with van der Waals surface area (Å²) in [4.78, 5) is 0. The molecule has 2 heterocycles. The van der Waals surface area contributed by atoms with E-state index in [1.807, 2.05) is 23.9 Å². The summed E-state index contributed by atoms with van der Waals surface area (Å²) >= 11 is 2.00. The quantitative estimate of drug-likeness (QED) is 0.921. The molecule has 1 N–H and O–H groups in total. The average molecular weight is 309 g/mol. The van der Waals surface area contributed by atoms with E-state index >= 15 is 0 Å². The van der Waals surface area contributed by atoms with Gasteiger partial charge in [-0.25, -0.2) is 4.39 Å². The Morgan fingerprint density at radius 3 is 3.10 bits per heavy atom. The maximum absolute atomic E-state index is 13.7. The molecule has 2 aliphatic rings. The summed E-state index contributed by atoms with van der Waals surface area (Å²) in [6.45, 7) is 3.00. The minimum Gasteiger partial charge on any atom is -0.374 e. The van der Waals surface area contributed by atoms with Crippen molar-refractivity contribution in [1.82, 2.24) is 5.32 Å². The number of ether oxygens (including phenoxy) is 1. The normalized spacial score (nSPS) is 30.7. The van der Waals surface area contributed by atoms with Crippen molar-refractivity contribution in [2.24, 2.45) is 0 Å². The number of benzene rings is 1. The van der Waals surface area contributed by atoms with Crippen molar-refractivity contribution < 1.29 is 9.13 Å². The molecule has 0 unspecified atom stereocenters. The third kappa shape index (κ3) is 3.79. The number of rotatable bonds is 4. The molecule has 0 amide bonds. The van der Waals surface area contributed by atoms with Crippen LogP contribution >= 0.6 is 11.8 Å². The smallest absolute Gasteiger partial charge is 0.126 e. The first-order chi connectivity index (χ1) is 10.2. The van der Waals surface area contributed by atoms with Crippen LogP contribution in [0.15, 0.2) is 24.3 Å². The molecular weight excluding hydrogens is 285 g/mol. The van der Waals surface area contributed by atoms with Gasteiger partial charge in [0.05, 0.1) is 5.60 Å². The third-order valence-electron chi connectivity index (χ3n) is 4.56. The molecule has 3 rings (SSSR count). The van der Waals surface area contributed by atoms with E-state index in [0.29, 0.717) is 6.04 Å². The second-order valence-corrected chi connectivity index (χ2v) is 7.49. The van der Waals surface area contributed by atoms with E-state index in [1.54, 1.807) is 12.1 Å². The molecule has 3 atom stereocenters. The van der Waals surface area contributed by atoms with E-state index < -0.39 is 0 Å². The highest BCUT2D eigenvalue weighted by atomic mass is 32.2. The predicted molar refractivity (Wildman–Crippen MR) is 86.3 cm³/mol. The fourth-order valence-corrected chi connectivity index (χ4v) is 4.87. The molecule has 2 saturated heterocycles. The van der Waals surface area contributed by atoms with Gasteiger partial charge in [-0.2, -0.15) is 11.8 Å². The van der Waals surface area contributed by atoms with E-state index in [1.165, 1.54) is 12.2 Å². The predicted octanol–water partition coefficient (Wildman–Crippen LogP) is 3.40. The van der Waals surface area contributed by atoms with Crippen molar-refractivity contribution in [2.45, 2.75) is 50.3 Å². The van der Waals surface area contributed by atoms with Gasteiger partial charge in [-0.3, -0.25) is 0 Å². The molecule has 0 bridgehead atoms. The maximum Gasteiger partial charge on any atom is 0.126 e. The van der Waals surface area contributed by atoms with Crippen molar-refractivity contribution in [2.75, 3.05) is 18.1 Å². The van der Waals surface area contributed by atoms with Crippen molar-refractivity contribution in [3.63, 3.8) is 0 Å². The minimum absolute atomic E-state index is 0.0956. The molecular formula is C17H24FNOS. The highest BCUT2D eigenvalue weighted by Crippen LogP contribution is 2.38. The van der Waals surface area contributed by atoms with Crippen molar-refractivity contribution in [3.05, 3.63) is 35.6 Å². The standard InChI is InChI=1S/C17H24FNOS/c1-13(10-14-4-2-3-5-16(14)18)19-15-6-8-20-17(11-15)7-9-21-12-17/h2-5,13,15,19H,6-12H2,1H3/t13-,15+,17+/m1/s1. The molecule has 1 spiro atoms. The molecule has 4 heteroatoms. The van der Waals surface area contributed by atoms with Gasteiger partial charge in [-0.05, 0) is 50.0 Å². The SMILES string of the molecule is C[C@H](Cc1ccccc1F)N[C@H]1CCO[C@@]2(CCSC2)C1.